The summed E-state index contributed by atoms with van der Waals surface area (Å²) >= 11 is 8.74. The summed E-state index contributed by atoms with van der Waals surface area (Å²) < 4.78 is 0.775. The maximum absolute atomic E-state index is 11.9. The highest BCUT2D eigenvalue weighted by Gasteiger charge is 2.21. The highest BCUT2D eigenvalue weighted by atomic mass is 35.5. The second kappa shape index (κ2) is 9.34. The molecule has 0 saturated heterocycles. The van der Waals surface area contributed by atoms with Crippen LogP contribution in [0.5, 0.6) is 0 Å². The van der Waals surface area contributed by atoms with E-state index in [1.807, 2.05) is 24.3 Å². The first-order chi connectivity index (χ1) is 12.6. The molecule has 0 radical (unpaired) electrons. The SMILES string of the molecule is O=C(CCC(=O)Nc1nnc(SCc2ccc(Cl)cc2)s1)NCC1CC1. The normalized spacial score (nSPS) is 13.4. The summed E-state index contributed by atoms with van der Waals surface area (Å²) in [5, 5.41) is 14.7. The summed E-state index contributed by atoms with van der Waals surface area (Å²) in [6, 6.07) is 7.63. The summed E-state index contributed by atoms with van der Waals surface area (Å²) in [6.07, 6.45) is 2.71. The zero-order valence-electron chi connectivity index (χ0n) is 14.0. The Kier molecular flexibility index (Phi) is 6.87. The standard InChI is InChI=1S/C17H19ClN4O2S2/c18-13-5-3-12(4-6-13)10-25-17-22-21-16(26-17)20-15(24)8-7-14(23)19-9-11-1-2-11/h3-6,11H,1-2,7-10H2,(H,19,23)(H,20,21,24). The van der Waals surface area contributed by atoms with Crippen LogP contribution < -0.4 is 10.6 Å². The molecule has 1 aromatic carbocycles. The number of anilines is 1. The number of hydrogen-bond donors (Lipinski definition) is 2. The Morgan fingerprint density at radius 2 is 1.88 bits per heavy atom. The average Bonchev–Trinajstić information content (AvgIpc) is 3.36. The number of carbonyl (C=O) groups excluding carboxylic acids is 2. The molecule has 1 heterocycles. The van der Waals surface area contributed by atoms with Gasteiger partial charge in [-0.3, -0.25) is 9.59 Å². The molecule has 3 rings (SSSR count). The Bertz CT molecular complexity index is 762. The van der Waals surface area contributed by atoms with Crippen LogP contribution in [0.1, 0.15) is 31.2 Å². The number of nitrogens with zero attached hydrogens (tertiary/aromatic N) is 2. The lowest BCUT2D eigenvalue weighted by molar-refractivity contribution is -0.124. The second-order valence-corrected chi connectivity index (χ2v) is 8.72. The fourth-order valence-electron chi connectivity index (χ4n) is 2.12. The Hall–Kier alpha value is -1.64. The van der Waals surface area contributed by atoms with Crippen molar-refractivity contribution in [1.82, 2.24) is 15.5 Å². The molecule has 2 aromatic rings. The predicted octanol–water partition coefficient (Wildman–Crippen LogP) is 3.73. The first-order valence-corrected chi connectivity index (χ1v) is 10.5. The quantitative estimate of drug-likeness (QED) is 0.486. The van der Waals surface area contributed by atoms with Crippen molar-refractivity contribution in [1.29, 1.82) is 0 Å². The van der Waals surface area contributed by atoms with Gasteiger partial charge >= 0.3 is 0 Å². The lowest BCUT2D eigenvalue weighted by Gasteiger charge is -2.03. The summed E-state index contributed by atoms with van der Waals surface area (Å²) in [6.45, 7) is 0.727. The van der Waals surface area contributed by atoms with Crippen LogP contribution >= 0.6 is 34.7 Å². The van der Waals surface area contributed by atoms with Crippen LogP contribution in [0.25, 0.3) is 0 Å². The number of rotatable bonds is 9. The van der Waals surface area contributed by atoms with E-state index in [0.29, 0.717) is 16.1 Å². The van der Waals surface area contributed by atoms with Gasteiger partial charge in [-0.05, 0) is 36.5 Å². The number of halogens is 1. The maximum Gasteiger partial charge on any atom is 0.226 e. The summed E-state index contributed by atoms with van der Waals surface area (Å²) in [4.78, 5) is 23.6. The average molecular weight is 411 g/mol. The molecular weight excluding hydrogens is 392 g/mol. The van der Waals surface area contributed by atoms with E-state index >= 15 is 0 Å². The van der Waals surface area contributed by atoms with Gasteiger partial charge in [-0.15, -0.1) is 10.2 Å². The number of carbonyl (C=O) groups is 2. The van der Waals surface area contributed by atoms with E-state index in [1.54, 1.807) is 11.8 Å². The van der Waals surface area contributed by atoms with E-state index < -0.39 is 0 Å². The van der Waals surface area contributed by atoms with E-state index in [4.69, 9.17) is 11.6 Å². The van der Waals surface area contributed by atoms with Gasteiger partial charge in [-0.25, -0.2) is 0 Å². The van der Waals surface area contributed by atoms with E-state index in [1.165, 1.54) is 24.2 Å². The molecule has 1 saturated carbocycles. The van der Waals surface area contributed by atoms with E-state index in [9.17, 15) is 9.59 Å². The lowest BCUT2D eigenvalue weighted by atomic mass is 10.2. The summed E-state index contributed by atoms with van der Waals surface area (Å²) in [5.74, 6) is 1.08. The third-order valence-corrected chi connectivity index (χ3v) is 6.09. The molecule has 1 fully saturated rings. The minimum absolute atomic E-state index is 0.0801. The lowest BCUT2D eigenvalue weighted by Crippen LogP contribution is -2.26. The monoisotopic (exact) mass is 410 g/mol. The fourth-order valence-corrected chi connectivity index (χ4v) is 3.97. The third kappa shape index (κ3) is 6.59. The zero-order valence-corrected chi connectivity index (χ0v) is 16.4. The van der Waals surface area contributed by atoms with Crippen LogP contribution in [0.4, 0.5) is 5.13 Å². The first kappa shape index (κ1) is 19.1. The number of aromatic nitrogens is 2. The van der Waals surface area contributed by atoms with Crippen LogP contribution in [0.15, 0.2) is 28.6 Å². The topological polar surface area (TPSA) is 84.0 Å². The van der Waals surface area contributed by atoms with Crippen molar-refractivity contribution in [2.45, 2.75) is 35.8 Å². The van der Waals surface area contributed by atoms with Crippen LogP contribution in [0.2, 0.25) is 5.02 Å². The van der Waals surface area contributed by atoms with Gasteiger partial charge in [0.25, 0.3) is 0 Å². The second-order valence-electron chi connectivity index (χ2n) is 6.08. The molecule has 0 unspecified atom stereocenters. The van der Waals surface area contributed by atoms with Crippen LogP contribution in [-0.2, 0) is 15.3 Å². The van der Waals surface area contributed by atoms with Crippen molar-refractivity contribution in [2.75, 3.05) is 11.9 Å². The number of nitrogens with one attached hydrogen (secondary N) is 2. The molecule has 6 nitrogen and oxygen atoms in total. The third-order valence-electron chi connectivity index (χ3n) is 3.79. The fraction of sp³-hybridized carbons (Fsp3) is 0.412. The van der Waals surface area contributed by atoms with Crippen molar-refractivity contribution in [2.24, 2.45) is 5.92 Å². The maximum atomic E-state index is 11.9. The molecular formula is C17H19ClN4O2S2. The van der Waals surface area contributed by atoms with Gasteiger partial charge in [0.1, 0.15) is 0 Å². The summed E-state index contributed by atoms with van der Waals surface area (Å²) in [7, 11) is 0. The van der Waals surface area contributed by atoms with Crippen LogP contribution in [-0.4, -0.2) is 28.6 Å². The van der Waals surface area contributed by atoms with Crippen LogP contribution in [0.3, 0.4) is 0 Å². The first-order valence-electron chi connectivity index (χ1n) is 8.36. The van der Waals surface area contributed by atoms with E-state index in [2.05, 4.69) is 20.8 Å². The Labute approximate surface area is 165 Å². The highest BCUT2D eigenvalue weighted by molar-refractivity contribution is 8.00. The van der Waals surface area contributed by atoms with Crippen molar-refractivity contribution in [3.05, 3.63) is 34.9 Å². The van der Waals surface area contributed by atoms with Gasteiger partial charge < -0.3 is 10.6 Å². The van der Waals surface area contributed by atoms with Crippen LogP contribution in [0, 0.1) is 5.92 Å². The zero-order chi connectivity index (χ0) is 18.4. The van der Waals surface area contributed by atoms with E-state index in [-0.39, 0.29) is 24.7 Å². The smallest absolute Gasteiger partial charge is 0.226 e. The Balaban J connectivity index is 1.37. The van der Waals surface area contributed by atoms with Crippen molar-refractivity contribution in [3.63, 3.8) is 0 Å². The number of amides is 2. The molecule has 1 aromatic heterocycles. The number of benzene rings is 1. The van der Waals surface area contributed by atoms with Gasteiger partial charge in [-0.2, -0.15) is 0 Å². The van der Waals surface area contributed by atoms with Gasteiger partial charge in [0.05, 0.1) is 0 Å². The number of thioether (sulfide) groups is 1. The molecule has 0 aliphatic heterocycles. The molecule has 138 valence electrons. The molecule has 26 heavy (non-hydrogen) atoms. The molecule has 0 spiro atoms. The Morgan fingerprint density at radius 1 is 1.15 bits per heavy atom. The molecule has 0 bridgehead atoms. The minimum Gasteiger partial charge on any atom is -0.356 e. The molecule has 9 heteroatoms. The van der Waals surface area contributed by atoms with Gasteiger partial charge in [0, 0.05) is 30.2 Å². The van der Waals surface area contributed by atoms with E-state index in [0.717, 1.165) is 22.2 Å². The van der Waals surface area contributed by atoms with Crippen molar-refractivity contribution >= 4 is 51.6 Å². The molecule has 1 aliphatic carbocycles. The molecule has 2 amide bonds. The summed E-state index contributed by atoms with van der Waals surface area (Å²) in [5.41, 5.74) is 1.14. The van der Waals surface area contributed by atoms with Crippen molar-refractivity contribution in [3.8, 4) is 0 Å². The highest BCUT2D eigenvalue weighted by Crippen LogP contribution is 2.29. The predicted molar refractivity (Wildman–Crippen MR) is 105 cm³/mol. The van der Waals surface area contributed by atoms with Gasteiger partial charge in [0.15, 0.2) is 4.34 Å². The molecule has 1 aliphatic rings. The minimum atomic E-state index is -0.225. The Morgan fingerprint density at radius 3 is 2.62 bits per heavy atom. The number of hydrogen-bond acceptors (Lipinski definition) is 6. The van der Waals surface area contributed by atoms with Gasteiger partial charge in [-0.1, -0.05) is 46.8 Å². The largest absolute Gasteiger partial charge is 0.356 e. The molecule has 0 atom stereocenters. The van der Waals surface area contributed by atoms with Crippen molar-refractivity contribution < 1.29 is 9.59 Å². The molecule has 2 N–H and O–H groups in total. The van der Waals surface area contributed by atoms with Gasteiger partial charge in [0.2, 0.25) is 16.9 Å².